The number of carbonyl (C=O) groups excluding carboxylic acids is 1. The molecule has 0 unspecified atom stereocenters. The quantitative estimate of drug-likeness (QED) is 0.603. The van der Waals surface area contributed by atoms with Crippen molar-refractivity contribution in [3.63, 3.8) is 0 Å². The van der Waals surface area contributed by atoms with Crippen LogP contribution in [0.4, 0.5) is 23.1 Å². The maximum atomic E-state index is 11.7. The topological polar surface area (TPSA) is 76.1 Å². The molecule has 0 aliphatic carbocycles. The Kier molecular flexibility index (Phi) is 5.57. The molecule has 3 aromatic rings. The highest BCUT2D eigenvalue weighted by Crippen LogP contribution is 2.24. The number of nitrogens with zero attached hydrogens (tertiary/aromatic N) is 2. The minimum absolute atomic E-state index is 0.399. The summed E-state index contributed by atoms with van der Waals surface area (Å²) in [5.74, 6) is 0.676. The molecular weight excluding hydrogens is 364 g/mol. The number of hydrogen-bond acceptors (Lipinski definition) is 6. The zero-order valence-electron chi connectivity index (χ0n) is 15.2. The third-order valence-corrected chi connectivity index (χ3v) is 4.08. The van der Waals surface area contributed by atoms with Gasteiger partial charge in [-0.3, -0.25) is 0 Å². The zero-order valence-corrected chi connectivity index (χ0v) is 16.0. The van der Waals surface area contributed by atoms with Crippen LogP contribution in [0, 0.1) is 13.8 Å². The Balaban J connectivity index is 1.84. The molecule has 0 bridgehead atoms. The summed E-state index contributed by atoms with van der Waals surface area (Å²) < 4.78 is 4.75. The van der Waals surface area contributed by atoms with Gasteiger partial charge in [0, 0.05) is 28.2 Å². The Morgan fingerprint density at radius 3 is 2.59 bits per heavy atom. The summed E-state index contributed by atoms with van der Waals surface area (Å²) in [5, 5.41) is 7.09. The SMILES string of the molecule is COC(=O)c1cccc(Nc2nc(C)cc(Nc3ccc(Cl)cc3C)n2)c1. The highest BCUT2D eigenvalue weighted by Gasteiger charge is 2.08. The van der Waals surface area contributed by atoms with Crippen molar-refractivity contribution < 1.29 is 9.53 Å². The van der Waals surface area contributed by atoms with Crippen molar-refractivity contribution >= 4 is 40.7 Å². The number of esters is 1. The molecule has 0 atom stereocenters. The van der Waals surface area contributed by atoms with Crippen LogP contribution in [0.15, 0.2) is 48.5 Å². The molecule has 1 heterocycles. The molecule has 0 radical (unpaired) electrons. The molecule has 0 saturated carbocycles. The lowest BCUT2D eigenvalue weighted by Gasteiger charge is -2.12. The van der Waals surface area contributed by atoms with E-state index in [0.29, 0.717) is 28.0 Å². The molecule has 27 heavy (non-hydrogen) atoms. The second-order valence-electron chi connectivity index (χ2n) is 6.00. The highest BCUT2D eigenvalue weighted by molar-refractivity contribution is 6.30. The van der Waals surface area contributed by atoms with Gasteiger partial charge in [0.15, 0.2) is 0 Å². The first-order valence-corrected chi connectivity index (χ1v) is 8.66. The molecule has 2 aromatic carbocycles. The van der Waals surface area contributed by atoms with Gasteiger partial charge in [-0.05, 0) is 55.8 Å². The van der Waals surface area contributed by atoms with Crippen molar-refractivity contribution in [2.24, 2.45) is 0 Å². The summed E-state index contributed by atoms with van der Waals surface area (Å²) in [6.07, 6.45) is 0. The smallest absolute Gasteiger partial charge is 0.337 e. The van der Waals surface area contributed by atoms with Crippen LogP contribution in [0.1, 0.15) is 21.6 Å². The Labute approximate surface area is 162 Å². The van der Waals surface area contributed by atoms with Gasteiger partial charge < -0.3 is 15.4 Å². The molecule has 6 nitrogen and oxygen atoms in total. The van der Waals surface area contributed by atoms with Crippen molar-refractivity contribution in [2.75, 3.05) is 17.7 Å². The van der Waals surface area contributed by atoms with Gasteiger partial charge in [-0.1, -0.05) is 17.7 Å². The molecule has 2 N–H and O–H groups in total. The van der Waals surface area contributed by atoms with Gasteiger partial charge in [0.2, 0.25) is 5.95 Å². The zero-order chi connectivity index (χ0) is 19.4. The first-order valence-electron chi connectivity index (χ1n) is 8.29. The number of nitrogens with one attached hydrogen (secondary N) is 2. The van der Waals surface area contributed by atoms with Gasteiger partial charge in [-0.2, -0.15) is 4.98 Å². The lowest BCUT2D eigenvalue weighted by atomic mass is 10.2. The number of benzene rings is 2. The van der Waals surface area contributed by atoms with E-state index in [1.165, 1.54) is 7.11 Å². The molecule has 7 heteroatoms. The predicted octanol–water partition coefficient (Wildman–Crippen LogP) is 5.02. The summed E-state index contributed by atoms with van der Waals surface area (Å²) in [6, 6.07) is 14.4. The third-order valence-electron chi connectivity index (χ3n) is 3.85. The minimum atomic E-state index is -0.399. The van der Waals surface area contributed by atoms with Crippen molar-refractivity contribution in [2.45, 2.75) is 13.8 Å². The lowest BCUT2D eigenvalue weighted by molar-refractivity contribution is 0.0601. The van der Waals surface area contributed by atoms with E-state index in [4.69, 9.17) is 16.3 Å². The number of hydrogen-bond donors (Lipinski definition) is 2. The van der Waals surface area contributed by atoms with Crippen LogP contribution in [0.2, 0.25) is 5.02 Å². The number of halogens is 1. The van der Waals surface area contributed by atoms with E-state index in [0.717, 1.165) is 16.9 Å². The van der Waals surface area contributed by atoms with E-state index in [1.54, 1.807) is 18.2 Å². The van der Waals surface area contributed by atoms with E-state index < -0.39 is 5.97 Å². The molecule has 0 amide bonds. The summed E-state index contributed by atoms with van der Waals surface area (Å²) in [4.78, 5) is 20.6. The molecule has 0 fully saturated rings. The fourth-order valence-corrected chi connectivity index (χ4v) is 2.79. The fourth-order valence-electron chi connectivity index (χ4n) is 2.56. The Morgan fingerprint density at radius 2 is 1.85 bits per heavy atom. The Bertz CT molecular complexity index is 991. The van der Waals surface area contributed by atoms with Crippen LogP contribution >= 0.6 is 11.6 Å². The van der Waals surface area contributed by atoms with Crippen LogP contribution in [0.5, 0.6) is 0 Å². The van der Waals surface area contributed by atoms with Gasteiger partial charge in [0.05, 0.1) is 12.7 Å². The van der Waals surface area contributed by atoms with Crippen molar-refractivity contribution in [1.29, 1.82) is 0 Å². The maximum Gasteiger partial charge on any atom is 0.337 e. The van der Waals surface area contributed by atoms with Crippen LogP contribution in [0.25, 0.3) is 0 Å². The van der Waals surface area contributed by atoms with E-state index in [-0.39, 0.29) is 0 Å². The average molecular weight is 383 g/mol. The van der Waals surface area contributed by atoms with Gasteiger partial charge in [0.25, 0.3) is 0 Å². The number of methoxy groups -OCH3 is 1. The Hall–Kier alpha value is -3.12. The third kappa shape index (κ3) is 4.74. The molecule has 138 valence electrons. The van der Waals surface area contributed by atoms with E-state index in [9.17, 15) is 4.79 Å². The first kappa shape index (κ1) is 18.7. The predicted molar refractivity (Wildman–Crippen MR) is 107 cm³/mol. The average Bonchev–Trinajstić information content (AvgIpc) is 2.63. The number of ether oxygens (including phenoxy) is 1. The molecule has 0 aliphatic heterocycles. The van der Waals surface area contributed by atoms with Crippen LogP contribution in [-0.2, 0) is 4.74 Å². The van der Waals surface area contributed by atoms with Crippen LogP contribution in [-0.4, -0.2) is 23.0 Å². The lowest BCUT2D eigenvalue weighted by Crippen LogP contribution is -2.05. The van der Waals surface area contributed by atoms with E-state index in [2.05, 4.69) is 20.6 Å². The molecule has 0 aliphatic rings. The van der Waals surface area contributed by atoms with Gasteiger partial charge >= 0.3 is 5.97 Å². The maximum absolute atomic E-state index is 11.7. The van der Waals surface area contributed by atoms with Crippen molar-refractivity contribution in [3.8, 4) is 0 Å². The van der Waals surface area contributed by atoms with Crippen molar-refractivity contribution in [1.82, 2.24) is 9.97 Å². The summed E-state index contributed by atoms with van der Waals surface area (Å²) in [6.45, 7) is 3.86. The standard InChI is InChI=1S/C20H19ClN4O2/c1-12-9-15(21)7-8-17(12)24-18-10-13(2)22-20(25-18)23-16-6-4-5-14(11-16)19(26)27-3/h4-11H,1-3H3,(H2,22,23,24,25). The molecule has 1 aromatic heterocycles. The number of aromatic nitrogens is 2. The number of anilines is 4. The van der Waals surface area contributed by atoms with E-state index in [1.807, 2.05) is 44.2 Å². The van der Waals surface area contributed by atoms with Gasteiger partial charge in [-0.25, -0.2) is 9.78 Å². The van der Waals surface area contributed by atoms with E-state index >= 15 is 0 Å². The van der Waals surface area contributed by atoms with Crippen LogP contribution in [0.3, 0.4) is 0 Å². The minimum Gasteiger partial charge on any atom is -0.465 e. The molecule has 0 saturated heterocycles. The largest absolute Gasteiger partial charge is 0.465 e. The van der Waals surface area contributed by atoms with Gasteiger partial charge in [0.1, 0.15) is 5.82 Å². The second kappa shape index (κ2) is 8.05. The van der Waals surface area contributed by atoms with Crippen molar-refractivity contribution in [3.05, 3.63) is 70.4 Å². The fraction of sp³-hybridized carbons (Fsp3) is 0.150. The second-order valence-corrected chi connectivity index (χ2v) is 6.44. The molecule has 0 spiro atoms. The van der Waals surface area contributed by atoms with Gasteiger partial charge in [-0.15, -0.1) is 0 Å². The normalized spacial score (nSPS) is 10.4. The van der Waals surface area contributed by atoms with Crippen LogP contribution < -0.4 is 10.6 Å². The monoisotopic (exact) mass is 382 g/mol. The Morgan fingerprint density at radius 1 is 1.04 bits per heavy atom. The number of carbonyl (C=O) groups is 1. The number of rotatable bonds is 5. The summed E-state index contributed by atoms with van der Waals surface area (Å²) in [7, 11) is 1.35. The summed E-state index contributed by atoms with van der Waals surface area (Å²) >= 11 is 6.01. The summed E-state index contributed by atoms with van der Waals surface area (Å²) in [5.41, 5.74) is 3.86. The first-order chi connectivity index (χ1) is 12.9. The molecular formula is C20H19ClN4O2. The number of aryl methyl sites for hydroxylation is 2. The molecule has 3 rings (SSSR count). The highest BCUT2D eigenvalue weighted by atomic mass is 35.5.